The van der Waals surface area contributed by atoms with Gasteiger partial charge in [-0.25, -0.2) is 13.4 Å². The van der Waals surface area contributed by atoms with Crippen LogP contribution in [0.25, 0.3) is 0 Å². The highest BCUT2D eigenvalue weighted by atomic mass is 32.2. The highest BCUT2D eigenvalue weighted by molar-refractivity contribution is 7.90. The molecule has 100 valence electrons. The molecule has 0 amide bonds. The van der Waals surface area contributed by atoms with Crippen molar-refractivity contribution in [2.75, 3.05) is 24.2 Å². The smallest absolute Gasteiger partial charge is 0.179 e. The van der Waals surface area contributed by atoms with Crippen molar-refractivity contribution in [3.63, 3.8) is 0 Å². The minimum atomic E-state index is -3.25. The molecule has 5 nitrogen and oxygen atoms in total. The Morgan fingerprint density at radius 1 is 1.56 bits per heavy atom. The largest absolute Gasteiger partial charge is 0.352 e. The third kappa shape index (κ3) is 2.49. The lowest BCUT2D eigenvalue weighted by Gasteiger charge is -2.24. The zero-order valence-electron chi connectivity index (χ0n) is 10.7. The first-order valence-corrected chi connectivity index (χ1v) is 7.94. The Labute approximate surface area is 108 Å². The first-order valence-electron chi connectivity index (χ1n) is 6.05. The van der Waals surface area contributed by atoms with Crippen molar-refractivity contribution in [2.24, 2.45) is 11.7 Å². The Kier molecular flexibility index (Phi) is 3.59. The molecule has 1 aliphatic rings. The van der Waals surface area contributed by atoms with Gasteiger partial charge >= 0.3 is 0 Å². The monoisotopic (exact) mass is 269 g/mol. The third-order valence-corrected chi connectivity index (χ3v) is 4.53. The number of nitrogens with two attached hydrogens (primary N) is 1. The van der Waals surface area contributed by atoms with Crippen molar-refractivity contribution in [1.82, 2.24) is 4.98 Å². The number of sulfone groups is 1. The van der Waals surface area contributed by atoms with Crippen LogP contribution in [0.5, 0.6) is 0 Å². The molecule has 1 aromatic heterocycles. The van der Waals surface area contributed by atoms with Gasteiger partial charge in [0, 0.05) is 25.0 Å². The average Bonchev–Trinajstić information content (AvgIpc) is 2.69. The molecule has 0 bridgehead atoms. The number of aromatic nitrogens is 1. The lowest BCUT2D eigenvalue weighted by Crippen LogP contribution is -2.29. The van der Waals surface area contributed by atoms with E-state index < -0.39 is 9.84 Å². The van der Waals surface area contributed by atoms with E-state index in [0.717, 1.165) is 13.0 Å². The average molecular weight is 269 g/mol. The highest BCUT2D eigenvalue weighted by Gasteiger charge is 2.31. The molecule has 6 heteroatoms. The van der Waals surface area contributed by atoms with Crippen molar-refractivity contribution in [3.05, 3.63) is 18.3 Å². The van der Waals surface area contributed by atoms with E-state index in [1.165, 1.54) is 6.26 Å². The van der Waals surface area contributed by atoms with Crippen LogP contribution in [0, 0.1) is 5.92 Å². The molecule has 0 aliphatic carbocycles. The van der Waals surface area contributed by atoms with Crippen LogP contribution in [0.15, 0.2) is 23.2 Å². The van der Waals surface area contributed by atoms with Crippen molar-refractivity contribution < 1.29 is 8.42 Å². The maximum absolute atomic E-state index is 11.8. The summed E-state index contributed by atoms with van der Waals surface area (Å²) >= 11 is 0. The predicted molar refractivity (Wildman–Crippen MR) is 71.3 cm³/mol. The summed E-state index contributed by atoms with van der Waals surface area (Å²) in [5.41, 5.74) is 5.69. The lowest BCUT2D eigenvalue weighted by molar-refractivity contribution is 0.579. The van der Waals surface area contributed by atoms with Crippen LogP contribution in [0.4, 0.5) is 5.82 Å². The zero-order valence-corrected chi connectivity index (χ0v) is 11.5. The van der Waals surface area contributed by atoms with Gasteiger partial charge in [-0.2, -0.15) is 0 Å². The van der Waals surface area contributed by atoms with Gasteiger partial charge < -0.3 is 10.6 Å². The first kappa shape index (κ1) is 13.3. The van der Waals surface area contributed by atoms with Crippen molar-refractivity contribution >= 4 is 15.7 Å². The van der Waals surface area contributed by atoms with Crippen LogP contribution in [0.1, 0.15) is 13.3 Å². The molecular formula is C12H19N3O2S. The Morgan fingerprint density at radius 3 is 2.83 bits per heavy atom. The molecule has 2 N–H and O–H groups in total. The fraction of sp³-hybridized carbons (Fsp3) is 0.583. The Morgan fingerprint density at radius 2 is 2.28 bits per heavy atom. The predicted octanol–water partition coefficient (Wildman–Crippen LogP) is 0.659. The van der Waals surface area contributed by atoms with Crippen LogP contribution in [-0.4, -0.2) is 38.8 Å². The van der Waals surface area contributed by atoms with Crippen molar-refractivity contribution in [3.8, 4) is 0 Å². The molecule has 1 fully saturated rings. The standard InChI is InChI=1S/C12H19N3O2S/c1-9-6-10(7-13)8-15(9)12-11(18(2,16)17)4-3-5-14-12/h3-5,9-10H,6-8,13H2,1-2H3. The normalized spacial score (nSPS) is 24.5. The molecule has 2 rings (SSSR count). The lowest BCUT2D eigenvalue weighted by atomic mass is 10.1. The summed E-state index contributed by atoms with van der Waals surface area (Å²) in [5, 5.41) is 0. The summed E-state index contributed by atoms with van der Waals surface area (Å²) in [6.07, 6.45) is 3.83. The number of hydrogen-bond donors (Lipinski definition) is 1. The fourth-order valence-corrected chi connectivity index (χ4v) is 3.32. The SMILES string of the molecule is CC1CC(CN)CN1c1ncccc1S(C)(=O)=O. The van der Waals surface area contributed by atoms with Gasteiger partial charge in [-0.05, 0) is 37.9 Å². The van der Waals surface area contributed by atoms with E-state index in [4.69, 9.17) is 5.73 Å². The maximum atomic E-state index is 11.8. The minimum absolute atomic E-state index is 0.272. The summed E-state index contributed by atoms with van der Waals surface area (Å²) in [5.74, 6) is 0.970. The van der Waals surface area contributed by atoms with Crippen LogP contribution in [-0.2, 0) is 9.84 Å². The van der Waals surface area contributed by atoms with Gasteiger partial charge in [0.1, 0.15) is 10.7 Å². The first-order chi connectivity index (χ1) is 8.43. The number of hydrogen-bond acceptors (Lipinski definition) is 5. The highest BCUT2D eigenvalue weighted by Crippen LogP contribution is 2.31. The minimum Gasteiger partial charge on any atom is -0.352 e. The molecule has 2 atom stereocenters. The summed E-state index contributed by atoms with van der Waals surface area (Å²) in [6, 6.07) is 3.54. The number of anilines is 1. The molecule has 2 heterocycles. The molecule has 1 aliphatic heterocycles. The Balaban J connectivity index is 2.40. The molecule has 2 unspecified atom stereocenters. The molecule has 1 aromatic rings. The van der Waals surface area contributed by atoms with Crippen LogP contribution >= 0.6 is 0 Å². The third-order valence-electron chi connectivity index (χ3n) is 3.42. The van der Waals surface area contributed by atoms with E-state index in [2.05, 4.69) is 11.9 Å². The summed E-state index contributed by atoms with van der Waals surface area (Å²) in [4.78, 5) is 6.60. The second kappa shape index (κ2) is 4.85. The van der Waals surface area contributed by atoms with Gasteiger partial charge in [0.2, 0.25) is 0 Å². The van der Waals surface area contributed by atoms with Gasteiger partial charge in [-0.3, -0.25) is 0 Å². The second-order valence-electron chi connectivity index (χ2n) is 4.94. The van der Waals surface area contributed by atoms with Gasteiger partial charge in [-0.15, -0.1) is 0 Å². The maximum Gasteiger partial charge on any atom is 0.179 e. The Hall–Kier alpha value is -1.14. The van der Waals surface area contributed by atoms with E-state index in [9.17, 15) is 8.42 Å². The fourth-order valence-electron chi connectivity index (χ4n) is 2.50. The van der Waals surface area contributed by atoms with Crippen LogP contribution < -0.4 is 10.6 Å². The van der Waals surface area contributed by atoms with Crippen molar-refractivity contribution in [1.29, 1.82) is 0 Å². The van der Waals surface area contributed by atoms with E-state index >= 15 is 0 Å². The molecular weight excluding hydrogens is 250 g/mol. The molecule has 0 saturated carbocycles. The molecule has 1 saturated heterocycles. The second-order valence-corrected chi connectivity index (χ2v) is 6.92. The van der Waals surface area contributed by atoms with Crippen LogP contribution in [0.3, 0.4) is 0 Å². The molecule has 0 aromatic carbocycles. The molecule has 18 heavy (non-hydrogen) atoms. The van der Waals surface area contributed by atoms with Gasteiger partial charge in [-0.1, -0.05) is 0 Å². The van der Waals surface area contributed by atoms with Gasteiger partial charge in [0.05, 0.1) is 0 Å². The number of nitrogens with zero attached hydrogens (tertiary/aromatic N) is 2. The van der Waals surface area contributed by atoms with E-state index in [1.807, 2.05) is 4.90 Å². The number of pyridine rings is 1. The zero-order chi connectivity index (χ0) is 13.3. The van der Waals surface area contributed by atoms with Gasteiger partial charge in [0.15, 0.2) is 9.84 Å². The topological polar surface area (TPSA) is 76.3 Å². The number of rotatable bonds is 3. The van der Waals surface area contributed by atoms with Gasteiger partial charge in [0.25, 0.3) is 0 Å². The van der Waals surface area contributed by atoms with E-state index in [0.29, 0.717) is 23.2 Å². The van der Waals surface area contributed by atoms with Crippen molar-refractivity contribution in [2.45, 2.75) is 24.3 Å². The molecule has 0 spiro atoms. The quantitative estimate of drug-likeness (QED) is 0.872. The Bertz CT molecular complexity index is 530. The van der Waals surface area contributed by atoms with E-state index in [-0.39, 0.29) is 6.04 Å². The summed E-state index contributed by atoms with van der Waals surface area (Å²) in [7, 11) is -3.25. The van der Waals surface area contributed by atoms with E-state index in [1.54, 1.807) is 18.3 Å². The molecule has 0 radical (unpaired) electrons. The summed E-state index contributed by atoms with van der Waals surface area (Å²) in [6.45, 7) is 3.48. The summed E-state index contributed by atoms with van der Waals surface area (Å²) < 4.78 is 23.6. The van der Waals surface area contributed by atoms with Crippen LogP contribution in [0.2, 0.25) is 0 Å².